The van der Waals surface area contributed by atoms with Gasteiger partial charge in [0.2, 0.25) is 0 Å². The van der Waals surface area contributed by atoms with Gasteiger partial charge in [-0.15, -0.1) is 11.3 Å². The van der Waals surface area contributed by atoms with Crippen molar-refractivity contribution in [3.8, 4) is 0 Å². The molecule has 1 atom stereocenters. The smallest absolute Gasteiger partial charge is 0.323 e. The number of amides is 3. The highest BCUT2D eigenvalue weighted by molar-refractivity contribution is 7.91. The van der Waals surface area contributed by atoms with E-state index in [1.165, 1.54) is 11.0 Å². The Kier molecular flexibility index (Phi) is 7.72. The number of nitrogens with one attached hydrogen (secondary N) is 2. The van der Waals surface area contributed by atoms with Gasteiger partial charge in [-0.25, -0.2) is 13.2 Å². The fourth-order valence-electron chi connectivity index (χ4n) is 3.78. The molecule has 12 heteroatoms. The van der Waals surface area contributed by atoms with Gasteiger partial charge in [-0.05, 0) is 40.8 Å². The summed E-state index contributed by atoms with van der Waals surface area (Å²) in [6.45, 7) is 0.524. The fourth-order valence-corrected chi connectivity index (χ4v) is 6.63. The van der Waals surface area contributed by atoms with E-state index in [9.17, 15) is 18.0 Å². The molecule has 4 rings (SSSR count). The van der Waals surface area contributed by atoms with E-state index in [1.807, 2.05) is 24.3 Å². The first-order chi connectivity index (χ1) is 16.8. The van der Waals surface area contributed by atoms with Crippen LogP contribution in [0.1, 0.15) is 11.1 Å². The van der Waals surface area contributed by atoms with Gasteiger partial charge in [-0.1, -0.05) is 48.0 Å². The van der Waals surface area contributed by atoms with E-state index < -0.39 is 28.1 Å². The minimum Gasteiger partial charge on any atom is -0.349 e. The van der Waals surface area contributed by atoms with Crippen LogP contribution in [0.4, 0.5) is 10.5 Å². The molecule has 3 amide bonds. The highest BCUT2D eigenvalue weighted by atomic mass is 35.5. The Bertz CT molecular complexity index is 1320. The standard InChI is InChI=1S/C23H24ClN5O4S2/c24-18-6-2-7-19(13-18)27-23(31)28-9-10-29(35(32,33)20-8-3-11-34-20)22(28)21(30)26-15-17-5-1-4-16(12-17)14-25/h1-8,11-13,22H,9-10,14-15,25H2,(H,26,30)(H,27,31). The molecule has 0 radical (unpaired) electrons. The van der Waals surface area contributed by atoms with Crippen LogP contribution in [-0.4, -0.2) is 48.8 Å². The van der Waals surface area contributed by atoms with Crippen molar-refractivity contribution in [2.24, 2.45) is 5.73 Å². The predicted molar refractivity (Wildman–Crippen MR) is 135 cm³/mol. The molecule has 0 saturated carbocycles. The van der Waals surface area contributed by atoms with Crippen molar-refractivity contribution in [3.05, 3.63) is 82.2 Å². The van der Waals surface area contributed by atoms with Crippen LogP contribution in [0, 0.1) is 0 Å². The largest absolute Gasteiger partial charge is 0.349 e. The number of urea groups is 1. The Morgan fingerprint density at radius 3 is 2.54 bits per heavy atom. The van der Waals surface area contributed by atoms with Crippen LogP contribution in [0.5, 0.6) is 0 Å². The molecule has 4 N–H and O–H groups in total. The number of hydrogen-bond acceptors (Lipinski definition) is 6. The molecule has 1 fully saturated rings. The summed E-state index contributed by atoms with van der Waals surface area (Å²) >= 11 is 7.06. The van der Waals surface area contributed by atoms with Gasteiger partial charge in [0.15, 0.2) is 6.17 Å². The number of rotatable bonds is 7. The first kappa shape index (κ1) is 25.1. The summed E-state index contributed by atoms with van der Waals surface area (Å²) in [5, 5.41) is 7.54. The second-order valence-corrected chi connectivity index (χ2v) is 11.3. The van der Waals surface area contributed by atoms with Crippen molar-refractivity contribution >= 4 is 50.6 Å². The lowest BCUT2D eigenvalue weighted by atomic mass is 10.1. The summed E-state index contributed by atoms with van der Waals surface area (Å²) in [5.74, 6) is -0.609. The maximum atomic E-state index is 13.3. The molecule has 1 aliphatic heterocycles. The second-order valence-electron chi connectivity index (χ2n) is 7.80. The third kappa shape index (κ3) is 5.65. The topological polar surface area (TPSA) is 125 Å². The average molecular weight is 534 g/mol. The van der Waals surface area contributed by atoms with Crippen molar-refractivity contribution < 1.29 is 18.0 Å². The molecule has 3 aromatic rings. The monoisotopic (exact) mass is 533 g/mol. The zero-order valence-electron chi connectivity index (χ0n) is 18.6. The minimum absolute atomic E-state index is 0.0239. The maximum Gasteiger partial charge on any atom is 0.323 e. The van der Waals surface area contributed by atoms with Crippen LogP contribution >= 0.6 is 22.9 Å². The first-order valence-corrected chi connectivity index (χ1v) is 13.4. The molecule has 1 aromatic heterocycles. The lowest BCUT2D eigenvalue weighted by molar-refractivity contribution is -0.127. The van der Waals surface area contributed by atoms with Crippen LogP contribution in [0.25, 0.3) is 0 Å². The Morgan fingerprint density at radius 2 is 1.83 bits per heavy atom. The van der Waals surface area contributed by atoms with Gasteiger partial charge in [0.1, 0.15) is 4.21 Å². The number of anilines is 1. The number of thiophene rings is 1. The molecule has 1 aliphatic rings. The van der Waals surface area contributed by atoms with Crippen molar-refractivity contribution in [2.45, 2.75) is 23.5 Å². The van der Waals surface area contributed by atoms with E-state index in [0.29, 0.717) is 17.3 Å². The van der Waals surface area contributed by atoms with Gasteiger partial charge in [0, 0.05) is 36.9 Å². The number of sulfonamides is 1. The lowest BCUT2D eigenvalue weighted by Gasteiger charge is -2.28. The Labute approximate surface area is 212 Å². The van der Waals surface area contributed by atoms with Crippen LogP contribution in [0.15, 0.2) is 70.3 Å². The minimum atomic E-state index is -4.00. The molecule has 2 heterocycles. The van der Waals surface area contributed by atoms with Crippen molar-refractivity contribution in [3.63, 3.8) is 0 Å². The van der Waals surface area contributed by atoms with Gasteiger partial charge in [0.25, 0.3) is 15.9 Å². The molecule has 0 aliphatic carbocycles. The highest BCUT2D eigenvalue weighted by Gasteiger charge is 2.46. The van der Waals surface area contributed by atoms with Crippen molar-refractivity contribution in [1.82, 2.24) is 14.5 Å². The van der Waals surface area contributed by atoms with Crippen LogP contribution in [-0.2, 0) is 27.9 Å². The molecule has 35 heavy (non-hydrogen) atoms. The van der Waals surface area contributed by atoms with E-state index in [0.717, 1.165) is 26.8 Å². The Morgan fingerprint density at radius 1 is 1.06 bits per heavy atom. The normalized spacial score (nSPS) is 16.3. The Balaban J connectivity index is 1.59. The fraction of sp³-hybridized carbons (Fsp3) is 0.217. The molecule has 1 saturated heterocycles. The predicted octanol–water partition coefficient (Wildman–Crippen LogP) is 3.04. The average Bonchev–Trinajstić information content (AvgIpc) is 3.54. The Hall–Kier alpha value is -2.96. The lowest BCUT2D eigenvalue weighted by Crippen LogP contribution is -2.54. The highest BCUT2D eigenvalue weighted by Crippen LogP contribution is 2.28. The number of nitrogens with two attached hydrogens (primary N) is 1. The van der Waals surface area contributed by atoms with Crippen LogP contribution in [0.3, 0.4) is 0 Å². The number of nitrogens with zero attached hydrogens (tertiary/aromatic N) is 2. The van der Waals surface area contributed by atoms with Crippen molar-refractivity contribution in [1.29, 1.82) is 0 Å². The number of benzene rings is 2. The summed E-state index contributed by atoms with van der Waals surface area (Å²) in [6.07, 6.45) is -1.36. The summed E-state index contributed by atoms with van der Waals surface area (Å²) in [5.41, 5.74) is 7.83. The van der Waals surface area contributed by atoms with Crippen molar-refractivity contribution in [2.75, 3.05) is 18.4 Å². The number of halogens is 1. The molecule has 0 bridgehead atoms. The summed E-state index contributed by atoms with van der Waals surface area (Å²) in [6, 6.07) is 16.4. The molecular formula is C23H24ClN5O4S2. The number of carbonyl (C=O) groups is 2. The van der Waals surface area contributed by atoms with E-state index in [1.54, 1.807) is 35.7 Å². The first-order valence-electron chi connectivity index (χ1n) is 10.7. The molecule has 1 unspecified atom stereocenters. The summed E-state index contributed by atoms with van der Waals surface area (Å²) in [4.78, 5) is 27.7. The summed E-state index contributed by atoms with van der Waals surface area (Å²) < 4.78 is 27.8. The zero-order chi connectivity index (χ0) is 25.0. The molecule has 2 aromatic carbocycles. The zero-order valence-corrected chi connectivity index (χ0v) is 20.9. The maximum absolute atomic E-state index is 13.3. The van der Waals surface area contributed by atoms with Crippen LogP contribution in [0.2, 0.25) is 5.02 Å². The number of carbonyl (C=O) groups excluding carboxylic acids is 2. The molecule has 0 spiro atoms. The quantitative estimate of drug-likeness (QED) is 0.430. The third-order valence-electron chi connectivity index (χ3n) is 5.45. The van der Waals surface area contributed by atoms with E-state index in [4.69, 9.17) is 17.3 Å². The molecule has 184 valence electrons. The van der Waals surface area contributed by atoms with E-state index >= 15 is 0 Å². The van der Waals surface area contributed by atoms with Gasteiger partial charge in [0.05, 0.1) is 0 Å². The van der Waals surface area contributed by atoms with Gasteiger partial charge >= 0.3 is 6.03 Å². The summed E-state index contributed by atoms with van der Waals surface area (Å²) in [7, 11) is -4.00. The number of hydrogen-bond donors (Lipinski definition) is 3. The third-order valence-corrected chi connectivity index (χ3v) is 8.91. The van der Waals surface area contributed by atoms with Gasteiger partial charge < -0.3 is 16.4 Å². The second kappa shape index (κ2) is 10.8. The van der Waals surface area contributed by atoms with Crippen LogP contribution < -0.4 is 16.4 Å². The van der Waals surface area contributed by atoms with Gasteiger partial charge in [-0.3, -0.25) is 9.69 Å². The van der Waals surface area contributed by atoms with E-state index in [2.05, 4.69) is 10.6 Å². The molecule has 9 nitrogen and oxygen atoms in total. The van der Waals surface area contributed by atoms with E-state index in [-0.39, 0.29) is 23.8 Å². The SMILES string of the molecule is NCc1cccc(CNC(=O)C2N(C(=O)Nc3cccc(Cl)c3)CCN2S(=O)(=O)c2cccs2)c1. The van der Waals surface area contributed by atoms with Gasteiger partial charge in [-0.2, -0.15) is 4.31 Å². The molecular weight excluding hydrogens is 510 g/mol.